The van der Waals surface area contributed by atoms with Crippen molar-refractivity contribution < 1.29 is 4.74 Å². The van der Waals surface area contributed by atoms with Gasteiger partial charge in [-0.05, 0) is 65.8 Å². The van der Waals surface area contributed by atoms with Gasteiger partial charge < -0.3 is 10.1 Å². The van der Waals surface area contributed by atoms with Gasteiger partial charge in [0.25, 0.3) is 5.17 Å². The fraction of sp³-hybridized carbons (Fsp3) is 0.235. The third-order valence-electron chi connectivity index (χ3n) is 4.23. The van der Waals surface area contributed by atoms with E-state index in [1.807, 2.05) is 6.07 Å². The number of hydrogen-bond donors (Lipinski definition) is 1. The van der Waals surface area contributed by atoms with Crippen molar-refractivity contribution in [2.45, 2.75) is 18.4 Å². The summed E-state index contributed by atoms with van der Waals surface area (Å²) >= 11 is 7.73. The number of benzene rings is 2. The molecule has 1 unspecified atom stereocenters. The summed E-state index contributed by atoms with van der Waals surface area (Å²) in [6.07, 6.45) is 2.37. The number of nitrogens with one attached hydrogen (secondary N) is 1. The summed E-state index contributed by atoms with van der Waals surface area (Å²) in [4.78, 5) is 0. The van der Waals surface area contributed by atoms with Crippen LogP contribution in [0.25, 0.3) is 0 Å². The molecule has 106 valence electrons. The van der Waals surface area contributed by atoms with Crippen molar-refractivity contribution in [1.82, 2.24) is 0 Å². The SMILES string of the molecule is S=C1Nc2ccc(I)cc2C(c2ccccc2)(C2CC2)O1. The first kappa shape index (κ1) is 13.5. The van der Waals surface area contributed by atoms with Gasteiger partial charge in [0.05, 0.1) is 0 Å². The molecule has 0 aromatic heterocycles. The van der Waals surface area contributed by atoms with Crippen LogP contribution in [0, 0.1) is 9.49 Å². The van der Waals surface area contributed by atoms with Crippen LogP contribution in [0.3, 0.4) is 0 Å². The van der Waals surface area contributed by atoms with Gasteiger partial charge in [0.2, 0.25) is 0 Å². The highest BCUT2D eigenvalue weighted by Gasteiger charge is 2.53. The second-order valence-electron chi connectivity index (χ2n) is 5.58. The largest absolute Gasteiger partial charge is 0.454 e. The van der Waals surface area contributed by atoms with Crippen LogP contribution in [0.4, 0.5) is 5.69 Å². The lowest BCUT2D eigenvalue weighted by Crippen LogP contribution is -2.42. The smallest absolute Gasteiger partial charge is 0.262 e. The fourth-order valence-corrected chi connectivity index (χ4v) is 3.93. The number of halogens is 1. The van der Waals surface area contributed by atoms with Crippen LogP contribution in [0.15, 0.2) is 48.5 Å². The predicted molar refractivity (Wildman–Crippen MR) is 96.4 cm³/mol. The summed E-state index contributed by atoms with van der Waals surface area (Å²) < 4.78 is 7.50. The zero-order valence-corrected chi connectivity index (χ0v) is 14.3. The molecule has 21 heavy (non-hydrogen) atoms. The molecular weight excluding hydrogens is 393 g/mol. The van der Waals surface area contributed by atoms with Crippen LogP contribution in [-0.2, 0) is 10.3 Å². The Kier molecular flexibility index (Phi) is 3.19. The molecule has 0 bridgehead atoms. The Morgan fingerprint density at radius 3 is 2.62 bits per heavy atom. The van der Waals surface area contributed by atoms with E-state index in [-0.39, 0.29) is 0 Å². The van der Waals surface area contributed by atoms with E-state index >= 15 is 0 Å². The molecule has 1 aliphatic heterocycles. The molecule has 4 heteroatoms. The van der Waals surface area contributed by atoms with Crippen LogP contribution < -0.4 is 5.32 Å². The maximum Gasteiger partial charge on any atom is 0.262 e. The van der Waals surface area contributed by atoms with E-state index < -0.39 is 5.60 Å². The van der Waals surface area contributed by atoms with E-state index in [9.17, 15) is 0 Å². The molecule has 2 nitrogen and oxygen atoms in total. The van der Waals surface area contributed by atoms with Crippen LogP contribution in [0.5, 0.6) is 0 Å². The lowest BCUT2D eigenvalue weighted by Gasteiger charge is -2.41. The van der Waals surface area contributed by atoms with Crippen LogP contribution in [-0.4, -0.2) is 5.17 Å². The lowest BCUT2D eigenvalue weighted by molar-refractivity contribution is 0.0720. The number of ether oxygens (including phenoxy) is 1. The minimum Gasteiger partial charge on any atom is -0.454 e. The first-order valence-corrected chi connectivity index (χ1v) is 8.54. The van der Waals surface area contributed by atoms with E-state index in [4.69, 9.17) is 17.0 Å². The van der Waals surface area contributed by atoms with Crippen LogP contribution >= 0.6 is 34.8 Å². The van der Waals surface area contributed by atoms with Gasteiger partial charge in [-0.25, -0.2) is 0 Å². The molecule has 0 saturated heterocycles. The molecule has 2 aromatic carbocycles. The van der Waals surface area contributed by atoms with Crippen molar-refractivity contribution >= 4 is 45.7 Å². The molecule has 1 heterocycles. The van der Waals surface area contributed by atoms with Gasteiger partial charge in [0, 0.05) is 26.3 Å². The van der Waals surface area contributed by atoms with Crippen molar-refractivity contribution in [2.75, 3.05) is 5.32 Å². The molecule has 2 aliphatic rings. The monoisotopic (exact) mass is 407 g/mol. The molecule has 4 rings (SSSR count). The van der Waals surface area contributed by atoms with Crippen molar-refractivity contribution in [3.63, 3.8) is 0 Å². The maximum atomic E-state index is 6.28. The van der Waals surface area contributed by atoms with Crippen molar-refractivity contribution in [1.29, 1.82) is 0 Å². The Bertz CT molecular complexity index is 714. The normalized spacial score (nSPS) is 24.0. The van der Waals surface area contributed by atoms with E-state index in [0.717, 1.165) is 5.69 Å². The lowest BCUT2D eigenvalue weighted by atomic mass is 9.80. The van der Waals surface area contributed by atoms with E-state index in [0.29, 0.717) is 11.1 Å². The summed E-state index contributed by atoms with van der Waals surface area (Å²) in [7, 11) is 0. The Balaban J connectivity index is 1.99. The summed E-state index contributed by atoms with van der Waals surface area (Å²) in [6.45, 7) is 0. The van der Waals surface area contributed by atoms with Gasteiger partial charge in [0.15, 0.2) is 5.60 Å². The highest BCUT2D eigenvalue weighted by Crippen LogP contribution is 2.55. The molecule has 0 amide bonds. The molecule has 1 atom stereocenters. The van der Waals surface area contributed by atoms with Crippen molar-refractivity contribution in [2.24, 2.45) is 5.92 Å². The number of thiocarbonyl (C=S) groups is 1. The third kappa shape index (κ3) is 2.16. The van der Waals surface area contributed by atoms with Gasteiger partial charge in [-0.3, -0.25) is 0 Å². The summed E-state index contributed by atoms with van der Waals surface area (Å²) in [6, 6.07) is 16.9. The summed E-state index contributed by atoms with van der Waals surface area (Å²) in [5, 5.41) is 3.67. The van der Waals surface area contributed by atoms with Crippen LogP contribution in [0.2, 0.25) is 0 Å². The van der Waals surface area contributed by atoms with Gasteiger partial charge in [-0.15, -0.1) is 0 Å². The third-order valence-corrected chi connectivity index (χ3v) is 5.08. The molecular formula is C17H14INOS. The first-order chi connectivity index (χ1) is 10.2. The Labute approximate surface area is 143 Å². The van der Waals surface area contributed by atoms with E-state index in [1.54, 1.807) is 0 Å². The fourth-order valence-electron chi connectivity index (χ4n) is 3.20. The molecule has 1 aliphatic carbocycles. The van der Waals surface area contributed by atoms with Crippen molar-refractivity contribution in [3.8, 4) is 0 Å². The quantitative estimate of drug-likeness (QED) is 0.578. The molecule has 0 radical (unpaired) electrons. The molecule has 2 aromatic rings. The minimum absolute atomic E-state index is 0.430. The van der Waals surface area contributed by atoms with E-state index in [2.05, 4.69) is 70.4 Å². The number of hydrogen-bond acceptors (Lipinski definition) is 2. The minimum atomic E-state index is -0.430. The first-order valence-electron chi connectivity index (χ1n) is 7.06. The second kappa shape index (κ2) is 4.95. The molecule has 1 fully saturated rings. The Morgan fingerprint density at radius 1 is 1.14 bits per heavy atom. The molecule has 1 N–H and O–H groups in total. The number of rotatable bonds is 2. The Hall–Kier alpha value is -1.14. The zero-order valence-electron chi connectivity index (χ0n) is 11.3. The number of anilines is 1. The average Bonchev–Trinajstić information content (AvgIpc) is 3.33. The predicted octanol–water partition coefficient (Wildman–Crippen LogP) is 4.67. The maximum absolute atomic E-state index is 6.28. The van der Waals surface area contributed by atoms with Crippen LogP contribution in [0.1, 0.15) is 24.0 Å². The standard InChI is InChI=1S/C17H14INOS/c18-13-8-9-15-14(10-13)17(12-6-7-12,20-16(21)19-15)11-4-2-1-3-5-11/h1-5,8-10,12H,6-7H2,(H,19,21). The van der Waals surface area contributed by atoms with Gasteiger partial charge >= 0.3 is 0 Å². The zero-order chi connectivity index (χ0) is 14.4. The summed E-state index contributed by atoms with van der Waals surface area (Å²) in [5.41, 5.74) is 3.04. The Morgan fingerprint density at radius 2 is 1.90 bits per heavy atom. The van der Waals surface area contributed by atoms with Crippen molar-refractivity contribution in [3.05, 3.63) is 63.2 Å². The van der Waals surface area contributed by atoms with Gasteiger partial charge in [-0.2, -0.15) is 0 Å². The molecule has 1 saturated carbocycles. The number of fused-ring (bicyclic) bond motifs is 1. The summed E-state index contributed by atoms with van der Waals surface area (Å²) in [5.74, 6) is 0.497. The van der Waals surface area contributed by atoms with Gasteiger partial charge in [0.1, 0.15) is 0 Å². The molecule has 0 spiro atoms. The van der Waals surface area contributed by atoms with Gasteiger partial charge in [-0.1, -0.05) is 30.3 Å². The highest BCUT2D eigenvalue weighted by molar-refractivity contribution is 14.1. The topological polar surface area (TPSA) is 21.3 Å². The second-order valence-corrected chi connectivity index (χ2v) is 7.20. The average molecular weight is 407 g/mol. The highest BCUT2D eigenvalue weighted by atomic mass is 127. The van der Waals surface area contributed by atoms with E-state index in [1.165, 1.54) is 27.5 Å².